The van der Waals surface area contributed by atoms with Crippen molar-refractivity contribution in [1.82, 2.24) is 24.6 Å². The molecule has 6 nitrogen and oxygen atoms in total. The SMILES string of the molecule is CC(c1cc(-c2cnn3cccnc23)nc(N)n1)c1ccc(F)cc1F. The highest BCUT2D eigenvalue weighted by molar-refractivity contribution is 5.74. The molecule has 0 fully saturated rings. The number of aromatic nitrogens is 5. The predicted octanol–water partition coefficient (Wildman–Crippen LogP) is 3.20. The van der Waals surface area contributed by atoms with Gasteiger partial charge in [-0.3, -0.25) is 0 Å². The van der Waals surface area contributed by atoms with Gasteiger partial charge in [-0.25, -0.2) is 28.2 Å². The molecule has 0 saturated heterocycles. The Labute approximate surface area is 147 Å². The molecule has 3 heterocycles. The predicted molar refractivity (Wildman–Crippen MR) is 92.3 cm³/mol. The summed E-state index contributed by atoms with van der Waals surface area (Å²) in [5, 5.41) is 4.23. The first-order valence-corrected chi connectivity index (χ1v) is 7.91. The second-order valence-electron chi connectivity index (χ2n) is 5.87. The van der Waals surface area contributed by atoms with Gasteiger partial charge in [0, 0.05) is 24.4 Å². The molecule has 3 aromatic heterocycles. The van der Waals surface area contributed by atoms with Crippen molar-refractivity contribution in [3.63, 3.8) is 0 Å². The Balaban J connectivity index is 1.81. The monoisotopic (exact) mass is 352 g/mol. The minimum atomic E-state index is -0.631. The summed E-state index contributed by atoms with van der Waals surface area (Å²) in [5.41, 5.74) is 8.56. The smallest absolute Gasteiger partial charge is 0.220 e. The van der Waals surface area contributed by atoms with Gasteiger partial charge < -0.3 is 5.73 Å². The highest BCUT2D eigenvalue weighted by Crippen LogP contribution is 2.29. The maximum absolute atomic E-state index is 14.1. The molecule has 130 valence electrons. The van der Waals surface area contributed by atoms with E-state index < -0.39 is 17.6 Å². The van der Waals surface area contributed by atoms with Gasteiger partial charge in [0.15, 0.2) is 5.65 Å². The van der Waals surface area contributed by atoms with Crippen LogP contribution < -0.4 is 5.73 Å². The molecule has 0 aliphatic heterocycles. The normalized spacial score (nSPS) is 12.4. The Morgan fingerprint density at radius 1 is 1.15 bits per heavy atom. The molecule has 2 N–H and O–H groups in total. The van der Waals surface area contributed by atoms with Crippen LogP contribution in [-0.4, -0.2) is 24.6 Å². The number of nitrogens with zero attached hydrogens (tertiary/aromatic N) is 5. The third-order valence-corrected chi connectivity index (χ3v) is 4.19. The van der Waals surface area contributed by atoms with Crippen LogP contribution in [0.25, 0.3) is 16.9 Å². The number of rotatable bonds is 3. The minimum Gasteiger partial charge on any atom is -0.368 e. The number of hydrogen-bond acceptors (Lipinski definition) is 5. The van der Waals surface area contributed by atoms with Gasteiger partial charge in [-0.15, -0.1) is 0 Å². The van der Waals surface area contributed by atoms with Gasteiger partial charge in [0.1, 0.15) is 11.6 Å². The first-order valence-electron chi connectivity index (χ1n) is 7.91. The van der Waals surface area contributed by atoms with E-state index in [0.717, 1.165) is 6.07 Å². The summed E-state index contributed by atoms with van der Waals surface area (Å²) >= 11 is 0. The van der Waals surface area contributed by atoms with E-state index in [9.17, 15) is 8.78 Å². The fourth-order valence-corrected chi connectivity index (χ4v) is 2.86. The van der Waals surface area contributed by atoms with Crippen molar-refractivity contribution in [3.05, 3.63) is 71.8 Å². The Morgan fingerprint density at radius 2 is 2.00 bits per heavy atom. The molecule has 0 aliphatic carbocycles. The van der Waals surface area contributed by atoms with Crippen molar-refractivity contribution in [2.24, 2.45) is 0 Å². The highest BCUT2D eigenvalue weighted by atomic mass is 19.1. The zero-order valence-electron chi connectivity index (χ0n) is 13.8. The molecule has 1 unspecified atom stereocenters. The summed E-state index contributed by atoms with van der Waals surface area (Å²) in [5.74, 6) is -1.63. The molecule has 0 amide bonds. The van der Waals surface area contributed by atoms with Gasteiger partial charge in [-0.05, 0) is 23.8 Å². The van der Waals surface area contributed by atoms with Gasteiger partial charge in [0.25, 0.3) is 0 Å². The van der Waals surface area contributed by atoms with Crippen molar-refractivity contribution in [2.45, 2.75) is 12.8 Å². The third-order valence-electron chi connectivity index (χ3n) is 4.19. The number of hydrogen-bond donors (Lipinski definition) is 1. The summed E-state index contributed by atoms with van der Waals surface area (Å²) in [6.45, 7) is 1.77. The van der Waals surface area contributed by atoms with Crippen LogP contribution in [0, 0.1) is 11.6 Å². The lowest BCUT2D eigenvalue weighted by atomic mass is 9.96. The van der Waals surface area contributed by atoms with Crippen LogP contribution in [0.2, 0.25) is 0 Å². The summed E-state index contributed by atoms with van der Waals surface area (Å²) in [4.78, 5) is 12.8. The maximum atomic E-state index is 14.1. The third kappa shape index (κ3) is 2.75. The minimum absolute atomic E-state index is 0.0575. The van der Waals surface area contributed by atoms with E-state index in [4.69, 9.17) is 5.73 Å². The number of anilines is 1. The number of benzene rings is 1. The maximum Gasteiger partial charge on any atom is 0.220 e. The van der Waals surface area contributed by atoms with Crippen molar-refractivity contribution < 1.29 is 8.78 Å². The Kier molecular flexibility index (Phi) is 3.80. The van der Waals surface area contributed by atoms with Crippen molar-refractivity contribution in [3.8, 4) is 11.3 Å². The zero-order valence-corrected chi connectivity index (χ0v) is 13.8. The molecule has 8 heteroatoms. The Bertz CT molecular complexity index is 1110. The van der Waals surface area contributed by atoms with Gasteiger partial charge >= 0.3 is 0 Å². The molecule has 4 aromatic rings. The van der Waals surface area contributed by atoms with E-state index >= 15 is 0 Å². The number of nitrogen functional groups attached to an aromatic ring is 1. The Hall–Kier alpha value is -3.42. The van der Waals surface area contributed by atoms with Crippen molar-refractivity contribution in [2.75, 3.05) is 5.73 Å². The standard InChI is InChI=1S/C18H14F2N6/c1-10(12-4-3-11(19)7-14(12)20)15-8-16(25-18(21)24-15)13-9-23-26-6-2-5-22-17(13)26/h2-10H,1H3,(H2,21,24,25). The van der Waals surface area contributed by atoms with E-state index in [1.807, 2.05) is 0 Å². The van der Waals surface area contributed by atoms with Crippen LogP contribution in [0.4, 0.5) is 14.7 Å². The number of halogens is 2. The molecular formula is C18H14F2N6. The lowest BCUT2D eigenvalue weighted by Gasteiger charge is -2.14. The quantitative estimate of drug-likeness (QED) is 0.612. The summed E-state index contributed by atoms with van der Waals surface area (Å²) in [7, 11) is 0. The van der Waals surface area contributed by atoms with E-state index in [0.29, 0.717) is 28.2 Å². The van der Waals surface area contributed by atoms with E-state index in [1.165, 1.54) is 12.1 Å². The van der Waals surface area contributed by atoms with Gasteiger partial charge in [-0.1, -0.05) is 13.0 Å². The second kappa shape index (κ2) is 6.14. The second-order valence-corrected chi connectivity index (χ2v) is 5.87. The number of nitrogens with two attached hydrogens (primary N) is 1. The molecule has 0 aliphatic rings. The average molecular weight is 352 g/mol. The fraction of sp³-hybridized carbons (Fsp3) is 0.111. The van der Waals surface area contributed by atoms with E-state index in [1.54, 1.807) is 42.2 Å². The van der Waals surface area contributed by atoms with Crippen LogP contribution in [0.5, 0.6) is 0 Å². The van der Waals surface area contributed by atoms with Crippen LogP contribution in [0.15, 0.2) is 48.9 Å². The summed E-state index contributed by atoms with van der Waals surface area (Å²) in [6, 6.07) is 6.96. The summed E-state index contributed by atoms with van der Waals surface area (Å²) in [6.07, 6.45) is 5.06. The molecule has 0 saturated carbocycles. The average Bonchev–Trinajstić information content (AvgIpc) is 3.05. The van der Waals surface area contributed by atoms with Crippen molar-refractivity contribution in [1.29, 1.82) is 0 Å². The first kappa shape index (κ1) is 16.1. The molecule has 0 radical (unpaired) electrons. The van der Waals surface area contributed by atoms with Gasteiger partial charge in [-0.2, -0.15) is 5.10 Å². The summed E-state index contributed by atoms with van der Waals surface area (Å²) < 4.78 is 28.9. The lowest BCUT2D eigenvalue weighted by molar-refractivity contribution is 0.567. The molecule has 4 rings (SSSR count). The first-order chi connectivity index (χ1) is 12.5. The Morgan fingerprint density at radius 3 is 2.81 bits per heavy atom. The van der Waals surface area contributed by atoms with Crippen LogP contribution in [-0.2, 0) is 0 Å². The molecule has 26 heavy (non-hydrogen) atoms. The molecular weight excluding hydrogens is 338 g/mol. The van der Waals surface area contributed by atoms with Gasteiger partial charge in [0.2, 0.25) is 5.95 Å². The van der Waals surface area contributed by atoms with Gasteiger partial charge in [0.05, 0.1) is 23.1 Å². The molecule has 0 bridgehead atoms. The molecule has 1 atom stereocenters. The largest absolute Gasteiger partial charge is 0.368 e. The molecule has 0 spiro atoms. The topological polar surface area (TPSA) is 82.0 Å². The van der Waals surface area contributed by atoms with Crippen LogP contribution >= 0.6 is 0 Å². The van der Waals surface area contributed by atoms with Crippen molar-refractivity contribution >= 4 is 11.6 Å². The zero-order chi connectivity index (χ0) is 18.3. The fourth-order valence-electron chi connectivity index (χ4n) is 2.86. The van der Waals surface area contributed by atoms with E-state index in [2.05, 4.69) is 20.1 Å². The van der Waals surface area contributed by atoms with E-state index in [-0.39, 0.29) is 5.95 Å². The molecule has 1 aromatic carbocycles. The number of fused-ring (bicyclic) bond motifs is 1. The lowest BCUT2D eigenvalue weighted by Crippen LogP contribution is -2.07. The van der Waals surface area contributed by atoms with Crippen LogP contribution in [0.3, 0.4) is 0 Å². The van der Waals surface area contributed by atoms with Crippen LogP contribution in [0.1, 0.15) is 24.1 Å². The highest BCUT2D eigenvalue weighted by Gasteiger charge is 2.18.